The minimum absolute atomic E-state index is 0.172. The number of nitrogens with one attached hydrogen (secondary N) is 1. The fourth-order valence-corrected chi connectivity index (χ4v) is 2.80. The summed E-state index contributed by atoms with van der Waals surface area (Å²) in [5.74, 6) is -0.389. The van der Waals surface area contributed by atoms with Crippen LogP contribution in [0.15, 0.2) is 0 Å². The molecule has 3 atom stereocenters. The van der Waals surface area contributed by atoms with E-state index in [9.17, 15) is 14.7 Å². The van der Waals surface area contributed by atoms with Crippen molar-refractivity contribution in [2.45, 2.75) is 70.6 Å². The van der Waals surface area contributed by atoms with Gasteiger partial charge in [-0.1, -0.05) is 32.1 Å². The Bertz CT molecular complexity index is 343. The molecule has 1 saturated carbocycles. The summed E-state index contributed by atoms with van der Waals surface area (Å²) < 4.78 is 4.90. The lowest BCUT2D eigenvalue weighted by atomic mass is 9.84. The van der Waals surface area contributed by atoms with Crippen LogP contribution in [0.4, 0.5) is 0 Å². The van der Waals surface area contributed by atoms with E-state index in [2.05, 4.69) is 5.32 Å². The van der Waals surface area contributed by atoms with Crippen molar-refractivity contribution in [3.63, 3.8) is 0 Å². The predicted molar refractivity (Wildman–Crippen MR) is 79.4 cm³/mol. The van der Waals surface area contributed by atoms with Gasteiger partial charge in [0.25, 0.3) is 5.91 Å². The molecule has 0 heterocycles. The maximum Gasteiger partial charge on any atom is 0.302 e. The number of nitrogens with two attached hydrogens (primary N) is 1. The summed E-state index contributed by atoms with van der Waals surface area (Å²) in [5.41, 5.74) is 5.94. The standard InChI is InChI=1S/C15H28N2O4/c1-10(21-11(2)18)9-17-15(20)14(19)13(16)8-12-6-4-3-5-7-12/h10,12-14,19H,3-9,16H2,1-2H3,(H,17,20)/t10?,13-,14?/m1/s1. The third-order valence-corrected chi connectivity index (χ3v) is 3.94. The van der Waals surface area contributed by atoms with Crippen molar-refractivity contribution in [3.8, 4) is 0 Å². The van der Waals surface area contributed by atoms with Gasteiger partial charge in [0.2, 0.25) is 0 Å². The number of aliphatic hydroxyl groups excluding tert-OH is 1. The molecule has 0 aromatic rings. The molecule has 0 bridgehead atoms. The highest BCUT2D eigenvalue weighted by atomic mass is 16.5. The molecule has 21 heavy (non-hydrogen) atoms. The largest absolute Gasteiger partial charge is 0.461 e. The summed E-state index contributed by atoms with van der Waals surface area (Å²) in [6, 6.07) is -0.544. The first-order chi connectivity index (χ1) is 9.90. The summed E-state index contributed by atoms with van der Waals surface area (Å²) in [5, 5.41) is 12.5. The monoisotopic (exact) mass is 300 g/mol. The number of carbonyl (C=O) groups is 2. The van der Waals surface area contributed by atoms with Crippen LogP contribution in [0.5, 0.6) is 0 Å². The maximum absolute atomic E-state index is 11.8. The van der Waals surface area contributed by atoms with Gasteiger partial charge in [-0.25, -0.2) is 0 Å². The molecule has 0 aromatic carbocycles. The van der Waals surface area contributed by atoms with Gasteiger partial charge in [0.1, 0.15) is 12.2 Å². The zero-order chi connectivity index (χ0) is 15.8. The Morgan fingerprint density at radius 3 is 2.52 bits per heavy atom. The second-order valence-electron chi connectivity index (χ2n) is 6.01. The van der Waals surface area contributed by atoms with Crippen LogP contribution >= 0.6 is 0 Å². The first-order valence-electron chi connectivity index (χ1n) is 7.78. The van der Waals surface area contributed by atoms with E-state index in [1.165, 1.54) is 26.2 Å². The predicted octanol–water partition coefficient (Wildman–Crippen LogP) is 0.713. The second-order valence-corrected chi connectivity index (χ2v) is 6.01. The van der Waals surface area contributed by atoms with Crippen LogP contribution < -0.4 is 11.1 Å². The average molecular weight is 300 g/mol. The number of hydrogen-bond acceptors (Lipinski definition) is 5. The molecule has 0 aliphatic heterocycles. The van der Waals surface area contributed by atoms with Crippen molar-refractivity contribution in [1.29, 1.82) is 0 Å². The molecule has 6 nitrogen and oxygen atoms in total. The van der Waals surface area contributed by atoms with Crippen LogP contribution in [0.25, 0.3) is 0 Å². The Kier molecular flexibility index (Phi) is 7.67. The van der Waals surface area contributed by atoms with Gasteiger partial charge in [0.05, 0.1) is 6.54 Å². The Labute approximate surface area is 126 Å². The highest BCUT2D eigenvalue weighted by Crippen LogP contribution is 2.27. The van der Waals surface area contributed by atoms with Gasteiger partial charge in [-0.05, 0) is 19.3 Å². The summed E-state index contributed by atoms with van der Waals surface area (Å²) >= 11 is 0. The molecule has 1 amide bonds. The van der Waals surface area contributed by atoms with Gasteiger partial charge in [0, 0.05) is 13.0 Å². The summed E-state index contributed by atoms with van der Waals surface area (Å²) in [6.07, 6.45) is 4.98. The smallest absolute Gasteiger partial charge is 0.302 e. The van der Waals surface area contributed by atoms with Crippen molar-refractivity contribution in [1.82, 2.24) is 5.32 Å². The number of ether oxygens (including phenoxy) is 1. The van der Waals surface area contributed by atoms with Crippen LogP contribution in [0.2, 0.25) is 0 Å². The molecular formula is C15H28N2O4. The number of hydrogen-bond donors (Lipinski definition) is 3. The Morgan fingerprint density at radius 2 is 1.95 bits per heavy atom. The number of carbonyl (C=O) groups excluding carboxylic acids is 2. The van der Waals surface area contributed by atoms with E-state index in [1.54, 1.807) is 6.92 Å². The minimum atomic E-state index is -1.21. The molecule has 1 aliphatic carbocycles. The zero-order valence-corrected chi connectivity index (χ0v) is 13.0. The van der Waals surface area contributed by atoms with Crippen LogP contribution in [0.1, 0.15) is 52.4 Å². The molecule has 0 saturated heterocycles. The molecule has 0 aromatic heterocycles. The maximum atomic E-state index is 11.8. The van der Waals surface area contributed by atoms with Gasteiger partial charge in [0.15, 0.2) is 0 Å². The average Bonchev–Trinajstić information content (AvgIpc) is 2.44. The first kappa shape index (κ1) is 17.9. The normalized spacial score (nSPS) is 20.4. The van der Waals surface area contributed by atoms with Gasteiger partial charge < -0.3 is 20.9 Å². The highest BCUT2D eigenvalue weighted by Gasteiger charge is 2.26. The van der Waals surface area contributed by atoms with Crippen LogP contribution in [0.3, 0.4) is 0 Å². The quantitative estimate of drug-likeness (QED) is 0.601. The highest BCUT2D eigenvalue weighted by molar-refractivity contribution is 5.81. The molecule has 1 fully saturated rings. The van der Waals surface area contributed by atoms with Gasteiger partial charge >= 0.3 is 5.97 Å². The molecule has 0 spiro atoms. The number of aliphatic hydroxyl groups is 1. The van der Waals surface area contributed by atoms with Crippen LogP contribution in [0, 0.1) is 5.92 Å². The molecule has 4 N–H and O–H groups in total. The lowest BCUT2D eigenvalue weighted by molar-refractivity contribution is -0.146. The van der Waals surface area contributed by atoms with Gasteiger partial charge in [-0.15, -0.1) is 0 Å². The Hall–Kier alpha value is -1.14. The van der Waals surface area contributed by atoms with E-state index in [4.69, 9.17) is 10.5 Å². The van der Waals surface area contributed by atoms with E-state index in [0.717, 1.165) is 12.8 Å². The molecule has 2 unspecified atom stereocenters. The fraction of sp³-hybridized carbons (Fsp3) is 0.867. The molecule has 122 valence electrons. The summed E-state index contributed by atoms with van der Waals surface area (Å²) in [6.45, 7) is 3.16. The lowest BCUT2D eigenvalue weighted by Crippen LogP contribution is -2.48. The number of amides is 1. The van der Waals surface area contributed by atoms with Crippen molar-refractivity contribution in [3.05, 3.63) is 0 Å². The first-order valence-corrected chi connectivity index (χ1v) is 7.78. The topological polar surface area (TPSA) is 102 Å². The lowest BCUT2D eigenvalue weighted by Gasteiger charge is -2.26. The van der Waals surface area contributed by atoms with E-state index >= 15 is 0 Å². The third-order valence-electron chi connectivity index (χ3n) is 3.94. The Morgan fingerprint density at radius 1 is 1.33 bits per heavy atom. The molecule has 1 aliphatic rings. The molecule has 1 rings (SSSR count). The van der Waals surface area contributed by atoms with Crippen LogP contribution in [-0.4, -0.2) is 41.8 Å². The summed E-state index contributed by atoms with van der Waals surface area (Å²) in [7, 11) is 0. The molecule has 6 heteroatoms. The number of rotatable bonds is 7. The fourth-order valence-electron chi connectivity index (χ4n) is 2.80. The molecular weight excluding hydrogens is 272 g/mol. The van der Waals surface area contributed by atoms with Crippen molar-refractivity contribution >= 4 is 11.9 Å². The minimum Gasteiger partial charge on any atom is -0.461 e. The third kappa shape index (κ3) is 6.91. The number of esters is 1. The SMILES string of the molecule is CC(=O)OC(C)CNC(=O)C(O)[C@H](N)CC1CCCCC1. The van der Waals surface area contributed by atoms with Gasteiger partial charge in [-0.3, -0.25) is 9.59 Å². The van der Waals surface area contributed by atoms with E-state index in [-0.39, 0.29) is 6.54 Å². The van der Waals surface area contributed by atoms with Crippen molar-refractivity contribution in [2.24, 2.45) is 11.7 Å². The zero-order valence-electron chi connectivity index (χ0n) is 13.0. The van der Waals surface area contributed by atoms with E-state index in [1.807, 2.05) is 0 Å². The van der Waals surface area contributed by atoms with Gasteiger partial charge in [-0.2, -0.15) is 0 Å². The van der Waals surface area contributed by atoms with Crippen molar-refractivity contribution in [2.75, 3.05) is 6.54 Å². The van der Waals surface area contributed by atoms with E-state index in [0.29, 0.717) is 12.3 Å². The van der Waals surface area contributed by atoms with Crippen LogP contribution in [-0.2, 0) is 14.3 Å². The second kappa shape index (κ2) is 9.00. The summed E-state index contributed by atoms with van der Waals surface area (Å²) in [4.78, 5) is 22.6. The van der Waals surface area contributed by atoms with E-state index < -0.39 is 30.1 Å². The Balaban J connectivity index is 2.29. The molecule has 0 radical (unpaired) electrons. The van der Waals surface area contributed by atoms with Crippen molar-refractivity contribution < 1.29 is 19.4 Å².